The number of amidine groups is 1. The normalized spacial score (nSPS) is 13.2. The molecule has 0 saturated carbocycles. The van der Waals surface area contributed by atoms with E-state index >= 15 is 0 Å². The Balaban J connectivity index is 2.84. The molecule has 1 rings (SSSR count). The third-order valence-corrected chi connectivity index (χ3v) is 3.42. The van der Waals surface area contributed by atoms with Crippen molar-refractivity contribution in [2.75, 3.05) is 7.05 Å². The minimum atomic E-state index is -0.497. The van der Waals surface area contributed by atoms with Crippen molar-refractivity contribution < 1.29 is 14.4 Å². The first kappa shape index (κ1) is 15.4. The Morgan fingerprint density at radius 2 is 2.26 bits per heavy atom. The van der Waals surface area contributed by atoms with E-state index in [-0.39, 0.29) is 29.8 Å². The van der Waals surface area contributed by atoms with Gasteiger partial charge in [0.25, 0.3) is 5.91 Å². The van der Waals surface area contributed by atoms with Crippen molar-refractivity contribution in [3.8, 4) is 0 Å². The maximum Gasteiger partial charge on any atom is 0.253 e. The molecule has 0 aliphatic carbocycles. The molecule has 104 valence electrons. The van der Waals surface area contributed by atoms with Gasteiger partial charge in [-0.2, -0.15) is 0 Å². The van der Waals surface area contributed by atoms with Crippen LogP contribution in [0, 0.1) is 5.82 Å². The number of nitrogens with zero attached hydrogens (tertiary/aromatic N) is 2. The summed E-state index contributed by atoms with van der Waals surface area (Å²) in [7, 11) is 1.58. The van der Waals surface area contributed by atoms with Gasteiger partial charge in [-0.3, -0.25) is 4.79 Å². The summed E-state index contributed by atoms with van der Waals surface area (Å²) < 4.78 is 13.7. The van der Waals surface area contributed by atoms with Crippen LogP contribution in [0.2, 0.25) is 0 Å². The van der Waals surface area contributed by atoms with E-state index in [9.17, 15) is 9.18 Å². The van der Waals surface area contributed by atoms with Gasteiger partial charge >= 0.3 is 0 Å². The van der Waals surface area contributed by atoms with E-state index in [1.54, 1.807) is 14.0 Å². The van der Waals surface area contributed by atoms with Gasteiger partial charge in [0.1, 0.15) is 11.7 Å². The number of carbonyl (C=O) groups is 1. The Hall–Kier alpha value is -1.63. The number of carbonyl (C=O) groups excluding carboxylic acids is 1. The Morgan fingerprint density at radius 3 is 2.79 bits per heavy atom. The van der Waals surface area contributed by atoms with Gasteiger partial charge in [0.05, 0.1) is 4.47 Å². The first-order valence-corrected chi connectivity index (χ1v) is 6.34. The van der Waals surface area contributed by atoms with E-state index in [0.717, 1.165) is 0 Å². The molecule has 0 heterocycles. The third kappa shape index (κ3) is 3.92. The molecule has 3 N–H and O–H groups in total. The smallest absolute Gasteiger partial charge is 0.253 e. The molecular formula is C12H15BrFN3O2. The summed E-state index contributed by atoms with van der Waals surface area (Å²) in [6, 6.07) is 3.90. The van der Waals surface area contributed by atoms with Crippen LogP contribution < -0.4 is 5.73 Å². The van der Waals surface area contributed by atoms with Crippen molar-refractivity contribution in [1.82, 2.24) is 4.90 Å². The van der Waals surface area contributed by atoms with Crippen molar-refractivity contribution in [1.29, 1.82) is 0 Å². The van der Waals surface area contributed by atoms with Crippen molar-refractivity contribution in [2.24, 2.45) is 10.9 Å². The highest BCUT2D eigenvalue weighted by molar-refractivity contribution is 9.10. The molecule has 5 nitrogen and oxygen atoms in total. The highest BCUT2D eigenvalue weighted by atomic mass is 79.9. The quantitative estimate of drug-likeness (QED) is 0.384. The van der Waals surface area contributed by atoms with Crippen LogP contribution in [-0.2, 0) is 0 Å². The fourth-order valence-corrected chi connectivity index (χ4v) is 1.76. The van der Waals surface area contributed by atoms with Crippen LogP contribution in [0.4, 0.5) is 4.39 Å². The fraction of sp³-hybridized carbons (Fsp3) is 0.333. The number of rotatable bonds is 4. The number of halogens is 2. The molecule has 0 fully saturated rings. The predicted octanol–water partition coefficient (Wildman–Crippen LogP) is 2.19. The number of nitrogens with two attached hydrogens (primary N) is 1. The molecule has 0 aromatic heterocycles. The van der Waals surface area contributed by atoms with Crippen LogP contribution >= 0.6 is 15.9 Å². The molecule has 1 aromatic carbocycles. The summed E-state index contributed by atoms with van der Waals surface area (Å²) in [5.74, 6) is -0.790. The molecular weight excluding hydrogens is 317 g/mol. The minimum Gasteiger partial charge on any atom is -0.409 e. The molecule has 1 atom stereocenters. The average molecular weight is 332 g/mol. The molecule has 0 aliphatic heterocycles. The first-order chi connectivity index (χ1) is 8.86. The van der Waals surface area contributed by atoms with E-state index in [4.69, 9.17) is 10.9 Å². The monoisotopic (exact) mass is 331 g/mol. The van der Waals surface area contributed by atoms with Crippen molar-refractivity contribution >= 4 is 27.7 Å². The van der Waals surface area contributed by atoms with Crippen LogP contribution in [0.3, 0.4) is 0 Å². The Morgan fingerprint density at radius 1 is 1.63 bits per heavy atom. The van der Waals surface area contributed by atoms with Crippen molar-refractivity contribution in [2.45, 2.75) is 19.4 Å². The van der Waals surface area contributed by atoms with Gasteiger partial charge in [-0.15, -0.1) is 0 Å². The molecule has 1 unspecified atom stereocenters. The topological polar surface area (TPSA) is 78.9 Å². The van der Waals surface area contributed by atoms with E-state index < -0.39 is 5.82 Å². The van der Waals surface area contributed by atoms with E-state index in [1.807, 2.05) is 0 Å². The molecule has 19 heavy (non-hydrogen) atoms. The SMILES string of the molecule is CC(CC(N)=NO)N(C)C(=O)c1ccc(Br)c(F)c1. The summed E-state index contributed by atoms with van der Waals surface area (Å²) in [5, 5.41) is 11.4. The van der Waals surface area contributed by atoms with Gasteiger partial charge < -0.3 is 15.8 Å². The van der Waals surface area contributed by atoms with Crippen molar-refractivity contribution in [3.05, 3.63) is 34.1 Å². The summed E-state index contributed by atoms with van der Waals surface area (Å²) in [5.41, 5.74) is 5.64. The van der Waals surface area contributed by atoms with Gasteiger partial charge in [0.15, 0.2) is 0 Å². The van der Waals surface area contributed by atoms with Crippen LogP contribution in [-0.4, -0.2) is 34.9 Å². The maximum absolute atomic E-state index is 13.4. The van der Waals surface area contributed by atoms with Crippen LogP contribution in [0.15, 0.2) is 27.8 Å². The molecule has 0 aliphatic rings. The molecule has 1 amide bonds. The lowest BCUT2D eigenvalue weighted by atomic mass is 10.1. The van der Waals surface area contributed by atoms with Gasteiger partial charge in [0, 0.05) is 25.1 Å². The number of hydrogen-bond acceptors (Lipinski definition) is 3. The lowest BCUT2D eigenvalue weighted by Crippen LogP contribution is -2.37. The second-order valence-corrected chi connectivity index (χ2v) is 5.04. The van der Waals surface area contributed by atoms with Gasteiger partial charge in [-0.05, 0) is 41.1 Å². The lowest BCUT2D eigenvalue weighted by molar-refractivity contribution is 0.0746. The van der Waals surface area contributed by atoms with E-state index in [0.29, 0.717) is 4.47 Å². The second-order valence-electron chi connectivity index (χ2n) is 4.19. The summed E-state index contributed by atoms with van der Waals surface area (Å²) in [4.78, 5) is 13.5. The largest absolute Gasteiger partial charge is 0.409 e. The zero-order valence-electron chi connectivity index (χ0n) is 10.6. The van der Waals surface area contributed by atoms with E-state index in [1.165, 1.54) is 23.1 Å². The number of oxime groups is 1. The molecule has 0 spiro atoms. The lowest BCUT2D eigenvalue weighted by Gasteiger charge is -2.24. The second kappa shape index (κ2) is 6.51. The van der Waals surface area contributed by atoms with Gasteiger partial charge in [-0.25, -0.2) is 4.39 Å². The standard InChI is InChI=1S/C12H15BrFN3O2/c1-7(5-11(15)16-19)17(2)12(18)8-3-4-9(13)10(14)6-8/h3-4,6-7,19H,5H2,1-2H3,(H2,15,16). The third-order valence-electron chi connectivity index (χ3n) is 2.78. The van der Waals surface area contributed by atoms with Gasteiger partial charge in [0.2, 0.25) is 0 Å². The molecule has 0 bridgehead atoms. The Kier molecular flexibility index (Phi) is 5.29. The van der Waals surface area contributed by atoms with Gasteiger partial charge in [-0.1, -0.05) is 5.16 Å². The highest BCUT2D eigenvalue weighted by Crippen LogP contribution is 2.18. The Labute approximate surface area is 119 Å². The highest BCUT2D eigenvalue weighted by Gasteiger charge is 2.19. The predicted molar refractivity (Wildman–Crippen MR) is 73.7 cm³/mol. The molecule has 0 radical (unpaired) electrons. The summed E-state index contributed by atoms with van der Waals surface area (Å²) in [6.07, 6.45) is 0.234. The maximum atomic E-state index is 13.4. The number of amides is 1. The van der Waals surface area contributed by atoms with Crippen molar-refractivity contribution in [3.63, 3.8) is 0 Å². The fourth-order valence-electron chi connectivity index (χ4n) is 1.51. The van der Waals surface area contributed by atoms with E-state index in [2.05, 4.69) is 21.1 Å². The number of benzene rings is 1. The molecule has 0 saturated heterocycles. The first-order valence-electron chi connectivity index (χ1n) is 5.55. The van der Waals surface area contributed by atoms with Crippen LogP contribution in [0.1, 0.15) is 23.7 Å². The number of hydrogen-bond donors (Lipinski definition) is 2. The Bertz CT molecular complexity index is 508. The summed E-state index contributed by atoms with van der Waals surface area (Å²) >= 11 is 3.03. The zero-order valence-corrected chi connectivity index (χ0v) is 12.2. The van der Waals surface area contributed by atoms with Crippen LogP contribution in [0.25, 0.3) is 0 Å². The van der Waals surface area contributed by atoms with Crippen LogP contribution in [0.5, 0.6) is 0 Å². The average Bonchev–Trinajstić information content (AvgIpc) is 2.39. The minimum absolute atomic E-state index is 0.0362. The molecule has 1 aromatic rings. The zero-order chi connectivity index (χ0) is 14.6. The molecule has 7 heteroatoms. The summed E-state index contributed by atoms with van der Waals surface area (Å²) in [6.45, 7) is 1.76.